The lowest BCUT2D eigenvalue weighted by Gasteiger charge is -2.20. The highest BCUT2D eigenvalue weighted by Crippen LogP contribution is 2.30. The highest BCUT2D eigenvalue weighted by molar-refractivity contribution is 9.10. The van der Waals surface area contributed by atoms with Crippen molar-refractivity contribution in [3.8, 4) is 0 Å². The number of hydrogen-bond acceptors (Lipinski definition) is 4. The van der Waals surface area contributed by atoms with Crippen molar-refractivity contribution in [2.24, 2.45) is 0 Å². The zero-order valence-electron chi connectivity index (χ0n) is 10.7. The summed E-state index contributed by atoms with van der Waals surface area (Å²) >= 11 is 3.59. The minimum absolute atomic E-state index is 0.486. The van der Waals surface area contributed by atoms with Crippen LogP contribution in [0.1, 0.15) is 18.4 Å². The summed E-state index contributed by atoms with van der Waals surface area (Å²) in [5.74, 6) is 0. The summed E-state index contributed by atoms with van der Waals surface area (Å²) in [7, 11) is 0. The van der Waals surface area contributed by atoms with E-state index in [4.69, 9.17) is 0 Å². The van der Waals surface area contributed by atoms with E-state index in [9.17, 15) is 10.2 Å². The van der Waals surface area contributed by atoms with E-state index in [1.807, 2.05) is 4.90 Å². The van der Waals surface area contributed by atoms with E-state index in [-0.39, 0.29) is 0 Å². The molecule has 0 aromatic heterocycles. The number of nitrogens with zero attached hydrogens (tertiary/aromatic N) is 1. The molecule has 104 valence electrons. The minimum Gasteiger partial charge on any atom is -0.389 e. The van der Waals surface area contributed by atoms with Gasteiger partial charge in [0.25, 0.3) is 0 Å². The molecule has 0 spiro atoms. The SMILES string of the molecule is OC1CN(c2ccc(CNC3CC3)cc2Br)CC1O. The van der Waals surface area contributed by atoms with Gasteiger partial charge < -0.3 is 20.4 Å². The monoisotopic (exact) mass is 326 g/mol. The number of nitrogens with one attached hydrogen (secondary N) is 1. The highest BCUT2D eigenvalue weighted by Gasteiger charge is 2.30. The van der Waals surface area contributed by atoms with Gasteiger partial charge in [0.2, 0.25) is 0 Å². The molecule has 1 saturated heterocycles. The van der Waals surface area contributed by atoms with Crippen LogP contribution in [0.15, 0.2) is 22.7 Å². The Bertz CT molecular complexity index is 455. The molecule has 1 saturated carbocycles. The fourth-order valence-electron chi connectivity index (χ4n) is 2.43. The summed E-state index contributed by atoms with van der Waals surface area (Å²) in [4.78, 5) is 2.01. The topological polar surface area (TPSA) is 55.7 Å². The van der Waals surface area contributed by atoms with E-state index in [1.165, 1.54) is 18.4 Å². The fraction of sp³-hybridized carbons (Fsp3) is 0.571. The molecule has 0 radical (unpaired) electrons. The molecule has 2 aliphatic rings. The fourth-order valence-corrected chi connectivity index (χ4v) is 3.11. The number of aliphatic hydroxyl groups is 2. The van der Waals surface area contributed by atoms with Crippen LogP contribution in [-0.2, 0) is 6.54 Å². The standard InChI is InChI=1S/C14H19BrN2O2/c15-11-5-9(6-16-10-2-3-10)1-4-12(11)17-7-13(18)14(19)8-17/h1,4-5,10,13-14,16,18-19H,2-3,6-8H2. The number of hydrogen-bond donors (Lipinski definition) is 3. The van der Waals surface area contributed by atoms with Crippen molar-refractivity contribution in [1.82, 2.24) is 5.32 Å². The van der Waals surface area contributed by atoms with Crippen LogP contribution in [0.25, 0.3) is 0 Å². The lowest BCUT2D eigenvalue weighted by molar-refractivity contribution is 0.0572. The molecule has 2 fully saturated rings. The van der Waals surface area contributed by atoms with Gasteiger partial charge in [0.1, 0.15) is 0 Å². The molecule has 5 heteroatoms. The van der Waals surface area contributed by atoms with Gasteiger partial charge >= 0.3 is 0 Å². The third-order valence-corrected chi connectivity index (χ3v) is 4.42. The molecule has 0 amide bonds. The van der Waals surface area contributed by atoms with Gasteiger partial charge in [-0.15, -0.1) is 0 Å². The zero-order valence-corrected chi connectivity index (χ0v) is 12.3. The maximum Gasteiger partial charge on any atom is 0.0990 e. The van der Waals surface area contributed by atoms with Crippen molar-refractivity contribution in [2.75, 3.05) is 18.0 Å². The van der Waals surface area contributed by atoms with Crippen molar-refractivity contribution in [1.29, 1.82) is 0 Å². The quantitative estimate of drug-likeness (QED) is 0.779. The van der Waals surface area contributed by atoms with E-state index in [2.05, 4.69) is 39.4 Å². The Kier molecular flexibility index (Phi) is 3.80. The molecule has 1 aromatic rings. The van der Waals surface area contributed by atoms with Crippen LogP contribution in [0.2, 0.25) is 0 Å². The Labute approximate surface area is 121 Å². The van der Waals surface area contributed by atoms with Gasteiger partial charge in [-0.05, 0) is 46.5 Å². The third-order valence-electron chi connectivity index (χ3n) is 3.78. The molecule has 2 atom stereocenters. The summed E-state index contributed by atoms with van der Waals surface area (Å²) in [5.41, 5.74) is 2.29. The Morgan fingerprint density at radius 2 is 1.89 bits per heavy atom. The van der Waals surface area contributed by atoms with Gasteiger partial charge in [-0.25, -0.2) is 0 Å². The third kappa shape index (κ3) is 3.11. The summed E-state index contributed by atoms with van der Waals surface area (Å²) in [6.45, 7) is 1.87. The second-order valence-corrected chi connectivity index (χ2v) is 6.33. The minimum atomic E-state index is -0.650. The van der Waals surface area contributed by atoms with Crippen LogP contribution in [0.3, 0.4) is 0 Å². The van der Waals surface area contributed by atoms with Gasteiger partial charge in [0.05, 0.1) is 17.9 Å². The van der Waals surface area contributed by atoms with Crippen molar-refractivity contribution in [3.63, 3.8) is 0 Å². The van der Waals surface area contributed by atoms with Crippen molar-refractivity contribution in [3.05, 3.63) is 28.2 Å². The first kappa shape index (κ1) is 13.4. The number of benzene rings is 1. The largest absolute Gasteiger partial charge is 0.389 e. The molecule has 19 heavy (non-hydrogen) atoms. The van der Waals surface area contributed by atoms with E-state index in [0.29, 0.717) is 19.1 Å². The number of rotatable bonds is 4. The maximum absolute atomic E-state index is 9.61. The van der Waals surface area contributed by atoms with Gasteiger partial charge in [-0.2, -0.15) is 0 Å². The van der Waals surface area contributed by atoms with Crippen LogP contribution in [0, 0.1) is 0 Å². The van der Waals surface area contributed by atoms with Gasteiger partial charge in [0, 0.05) is 30.1 Å². The van der Waals surface area contributed by atoms with Crippen LogP contribution in [-0.4, -0.2) is 41.6 Å². The Morgan fingerprint density at radius 1 is 1.21 bits per heavy atom. The Morgan fingerprint density at radius 3 is 2.47 bits per heavy atom. The molecule has 3 N–H and O–H groups in total. The van der Waals surface area contributed by atoms with Crippen LogP contribution in [0.4, 0.5) is 5.69 Å². The average molecular weight is 327 g/mol. The normalized spacial score (nSPS) is 27.0. The van der Waals surface area contributed by atoms with E-state index >= 15 is 0 Å². The van der Waals surface area contributed by atoms with Crippen LogP contribution < -0.4 is 10.2 Å². The van der Waals surface area contributed by atoms with E-state index in [0.717, 1.165) is 16.7 Å². The summed E-state index contributed by atoms with van der Waals surface area (Å²) in [6, 6.07) is 6.98. The molecule has 1 aliphatic carbocycles. The van der Waals surface area contributed by atoms with Crippen LogP contribution in [0.5, 0.6) is 0 Å². The first-order chi connectivity index (χ1) is 9.13. The number of anilines is 1. The van der Waals surface area contributed by atoms with Gasteiger partial charge in [-0.3, -0.25) is 0 Å². The molecular weight excluding hydrogens is 308 g/mol. The maximum atomic E-state index is 9.61. The first-order valence-electron chi connectivity index (χ1n) is 6.76. The van der Waals surface area contributed by atoms with Crippen molar-refractivity contribution in [2.45, 2.75) is 37.6 Å². The number of aliphatic hydroxyl groups excluding tert-OH is 2. The molecule has 1 aromatic carbocycles. The second-order valence-electron chi connectivity index (χ2n) is 5.48. The predicted molar refractivity (Wildman–Crippen MR) is 78.2 cm³/mol. The smallest absolute Gasteiger partial charge is 0.0990 e. The Hall–Kier alpha value is -0.620. The van der Waals surface area contributed by atoms with Gasteiger partial charge in [0.15, 0.2) is 0 Å². The zero-order chi connectivity index (χ0) is 13.4. The summed E-state index contributed by atoms with van der Waals surface area (Å²) < 4.78 is 1.02. The van der Waals surface area contributed by atoms with Crippen LogP contribution >= 0.6 is 15.9 Å². The number of halogens is 1. The van der Waals surface area contributed by atoms with E-state index < -0.39 is 12.2 Å². The number of β-amino-alcohol motifs (C(OH)–C–C–N with tert-alkyl or cyclic N) is 2. The van der Waals surface area contributed by atoms with Gasteiger partial charge in [-0.1, -0.05) is 6.07 Å². The van der Waals surface area contributed by atoms with E-state index in [1.54, 1.807) is 0 Å². The summed E-state index contributed by atoms with van der Waals surface area (Å²) in [6.07, 6.45) is 1.29. The predicted octanol–water partition coefficient (Wildman–Crippen LogP) is 1.24. The lowest BCUT2D eigenvalue weighted by atomic mass is 10.2. The van der Waals surface area contributed by atoms with Crippen molar-refractivity contribution >= 4 is 21.6 Å². The second kappa shape index (κ2) is 5.40. The molecule has 3 rings (SSSR count). The van der Waals surface area contributed by atoms with Crippen molar-refractivity contribution < 1.29 is 10.2 Å². The lowest BCUT2D eigenvalue weighted by Crippen LogP contribution is -2.22. The molecule has 0 bridgehead atoms. The first-order valence-corrected chi connectivity index (χ1v) is 7.55. The molecular formula is C14H19BrN2O2. The molecule has 4 nitrogen and oxygen atoms in total. The highest BCUT2D eigenvalue weighted by atomic mass is 79.9. The molecule has 2 unspecified atom stereocenters. The molecule has 1 aliphatic heterocycles. The Balaban J connectivity index is 1.68. The molecule has 1 heterocycles. The average Bonchev–Trinajstić information content (AvgIpc) is 3.14. The summed E-state index contributed by atoms with van der Waals surface area (Å²) in [5, 5.41) is 22.7.